The Balaban J connectivity index is 1.54. The second kappa shape index (κ2) is 8.77. The minimum absolute atomic E-state index is 0.00969. The van der Waals surface area contributed by atoms with Crippen LogP contribution in [0, 0.1) is 11.8 Å². The van der Waals surface area contributed by atoms with Gasteiger partial charge >= 0.3 is 0 Å². The number of carbonyl (C=O) groups is 3. The van der Waals surface area contributed by atoms with Crippen LogP contribution in [0.1, 0.15) is 27.2 Å². The predicted octanol–water partition coefficient (Wildman–Crippen LogP) is 3.65. The third kappa shape index (κ3) is 5.57. The molecular formula is C22H25N3O4. The van der Waals surface area contributed by atoms with Gasteiger partial charge in [0.05, 0.1) is 23.6 Å². The fourth-order valence-corrected chi connectivity index (χ4v) is 3.00. The van der Waals surface area contributed by atoms with Gasteiger partial charge < -0.3 is 20.7 Å². The molecular weight excluding hydrogens is 370 g/mol. The van der Waals surface area contributed by atoms with Gasteiger partial charge in [0.2, 0.25) is 17.7 Å². The van der Waals surface area contributed by atoms with Gasteiger partial charge in [-0.05, 0) is 56.7 Å². The average Bonchev–Trinajstić information content (AvgIpc) is 3.45. The van der Waals surface area contributed by atoms with Gasteiger partial charge in [0.1, 0.15) is 5.75 Å². The topological polar surface area (TPSA) is 96.5 Å². The van der Waals surface area contributed by atoms with Crippen molar-refractivity contribution in [1.82, 2.24) is 0 Å². The molecule has 0 radical (unpaired) electrons. The molecule has 1 aliphatic rings. The van der Waals surface area contributed by atoms with Gasteiger partial charge in [-0.2, -0.15) is 0 Å². The molecule has 0 aromatic heterocycles. The van der Waals surface area contributed by atoms with E-state index < -0.39 is 0 Å². The van der Waals surface area contributed by atoms with Gasteiger partial charge in [0.25, 0.3) is 0 Å². The van der Waals surface area contributed by atoms with E-state index in [1.807, 2.05) is 26.0 Å². The summed E-state index contributed by atoms with van der Waals surface area (Å²) < 4.78 is 5.71. The van der Waals surface area contributed by atoms with E-state index >= 15 is 0 Å². The lowest BCUT2D eigenvalue weighted by Crippen LogP contribution is -2.21. The first kappa shape index (κ1) is 20.4. The van der Waals surface area contributed by atoms with Crippen molar-refractivity contribution < 1.29 is 19.1 Å². The third-order valence-corrected chi connectivity index (χ3v) is 4.44. The number of anilines is 3. The van der Waals surface area contributed by atoms with E-state index in [1.165, 1.54) is 6.92 Å². The SMILES string of the molecule is CC(=O)Nc1ccc(NC(=O)C2CC2C(=O)Nc2ccccc2OC(C)C)cc1. The Morgan fingerprint density at radius 2 is 1.41 bits per heavy atom. The second-order valence-corrected chi connectivity index (χ2v) is 7.35. The highest BCUT2D eigenvalue weighted by molar-refractivity contribution is 6.03. The summed E-state index contributed by atoms with van der Waals surface area (Å²) in [6.07, 6.45) is 0.499. The van der Waals surface area contributed by atoms with E-state index in [2.05, 4.69) is 16.0 Å². The summed E-state index contributed by atoms with van der Waals surface area (Å²) in [7, 11) is 0. The Labute approximate surface area is 169 Å². The first-order chi connectivity index (χ1) is 13.8. The third-order valence-electron chi connectivity index (χ3n) is 4.44. The molecule has 29 heavy (non-hydrogen) atoms. The van der Waals surface area contributed by atoms with Crippen LogP contribution in [0.3, 0.4) is 0 Å². The molecule has 0 saturated heterocycles. The first-order valence-electron chi connectivity index (χ1n) is 9.58. The fourth-order valence-electron chi connectivity index (χ4n) is 3.00. The van der Waals surface area contributed by atoms with Gasteiger partial charge in [-0.25, -0.2) is 0 Å². The summed E-state index contributed by atoms with van der Waals surface area (Å²) >= 11 is 0. The Morgan fingerprint density at radius 1 is 0.862 bits per heavy atom. The molecule has 2 atom stereocenters. The zero-order chi connectivity index (χ0) is 21.0. The van der Waals surface area contributed by atoms with Gasteiger partial charge in [0.15, 0.2) is 0 Å². The number of nitrogens with one attached hydrogen (secondary N) is 3. The maximum atomic E-state index is 12.5. The zero-order valence-corrected chi connectivity index (χ0v) is 16.7. The van der Waals surface area contributed by atoms with Crippen molar-refractivity contribution in [3.63, 3.8) is 0 Å². The summed E-state index contributed by atoms with van der Waals surface area (Å²) in [6, 6.07) is 14.1. The van der Waals surface area contributed by atoms with Crippen LogP contribution in [0.4, 0.5) is 17.1 Å². The highest BCUT2D eigenvalue weighted by Crippen LogP contribution is 2.41. The fraction of sp³-hybridized carbons (Fsp3) is 0.318. The Hall–Kier alpha value is -3.35. The van der Waals surface area contributed by atoms with Gasteiger partial charge in [-0.15, -0.1) is 0 Å². The molecule has 0 aliphatic heterocycles. The molecule has 3 rings (SSSR count). The van der Waals surface area contributed by atoms with Crippen molar-refractivity contribution in [1.29, 1.82) is 0 Å². The molecule has 2 aromatic carbocycles. The van der Waals surface area contributed by atoms with Crippen molar-refractivity contribution in [2.24, 2.45) is 11.8 Å². The van der Waals surface area contributed by atoms with Crippen LogP contribution in [-0.2, 0) is 14.4 Å². The summed E-state index contributed by atoms with van der Waals surface area (Å²) in [6.45, 7) is 5.27. The van der Waals surface area contributed by atoms with Crippen LogP contribution in [0.15, 0.2) is 48.5 Å². The molecule has 2 unspecified atom stereocenters. The van der Waals surface area contributed by atoms with E-state index in [0.717, 1.165) is 0 Å². The molecule has 1 aliphatic carbocycles. The molecule has 0 heterocycles. The average molecular weight is 395 g/mol. The van der Waals surface area contributed by atoms with Crippen LogP contribution >= 0.6 is 0 Å². The van der Waals surface area contributed by atoms with Crippen LogP contribution in [0.2, 0.25) is 0 Å². The Bertz CT molecular complexity index is 909. The van der Waals surface area contributed by atoms with Crippen molar-refractivity contribution >= 4 is 34.8 Å². The summed E-state index contributed by atoms with van der Waals surface area (Å²) in [5, 5.41) is 8.35. The van der Waals surface area contributed by atoms with Crippen molar-refractivity contribution in [2.75, 3.05) is 16.0 Å². The Morgan fingerprint density at radius 3 is 2.00 bits per heavy atom. The van der Waals surface area contributed by atoms with Crippen LogP contribution in [-0.4, -0.2) is 23.8 Å². The minimum atomic E-state index is -0.360. The summed E-state index contributed by atoms with van der Waals surface area (Å²) in [5.74, 6) is -0.648. The second-order valence-electron chi connectivity index (χ2n) is 7.35. The molecule has 0 bridgehead atoms. The van der Waals surface area contributed by atoms with Gasteiger partial charge in [-0.3, -0.25) is 14.4 Å². The van der Waals surface area contributed by atoms with Crippen LogP contribution < -0.4 is 20.7 Å². The normalized spacial score (nSPS) is 17.4. The van der Waals surface area contributed by atoms with Crippen LogP contribution in [0.5, 0.6) is 5.75 Å². The lowest BCUT2D eigenvalue weighted by molar-refractivity contribution is -0.122. The molecule has 3 amide bonds. The molecule has 2 aromatic rings. The van der Waals surface area contributed by atoms with Crippen molar-refractivity contribution in [2.45, 2.75) is 33.3 Å². The maximum Gasteiger partial charge on any atom is 0.228 e. The maximum absolute atomic E-state index is 12.5. The number of carbonyl (C=O) groups excluding carboxylic acids is 3. The molecule has 7 nitrogen and oxygen atoms in total. The monoisotopic (exact) mass is 395 g/mol. The van der Waals surface area contributed by atoms with E-state index in [0.29, 0.717) is 29.2 Å². The lowest BCUT2D eigenvalue weighted by Gasteiger charge is -2.14. The molecule has 1 saturated carbocycles. The molecule has 3 N–H and O–H groups in total. The van der Waals surface area contributed by atoms with E-state index in [-0.39, 0.29) is 35.7 Å². The first-order valence-corrected chi connectivity index (χ1v) is 9.58. The van der Waals surface area contributed by atoms with E-state index in [4.69, 9.17) is 4.74 Å². The molecule has 0 spiro atoms. The van der Waals surface area contributed by atoms with Crippen molar-refractivity contribution in [3.05, 3.63) is 48.5 Å². The smallest absolute Gasteiger partial charge is 0.228 e. The number of hydrogen-bond donors (Lipinski definition) is 3. The highest BCUT2D eigenvalue weighted by Gasteiger charge is 2.48. The largest absolute Gasteiger partial charge is 0.489 e. The molecule has 1 fully saturated rings. The van der Waals surface area contributed by atoms with Crippen LogP contribution in [0.25, 0.3) is 0 Å². The van der Waals surface area contributed by atoms with E-state index in [1.54, 1.807) is 36.4 Å². The quantitative estimate of drug-likeness (QED) is 0.667. The number of para-hydroxylation sites is 2. The minimum Gasteiger partial charge on any atom is -0.489 e. The van der Waals surface area contributed by atoms with Crippen molar-refractivity contribution in [3.8, 4) is 5.75 Å². The zero-order valence-electron chi connectivity index (χ0n) is 16.7. The summed E-state index contributed by atoms with van der Waals surface area (Å²) in [5.41, 5.74) is 1.87. The Kier molecular flexibility index (Phi) is 6.16. The van der Waals surface area contributed by atoms with E-state index in [9.17, 15) is 14.4 Å². The molecule has 7 heteroatoms. The standard InChI is InChI=1S/C22H25N3O4/c1-13(2)29-20-7-5-4-6-19(20)25-22(28)18-12-17(18)21(27)24-16-10-8-15(9-11-16)23-14(3)26/h4-11,13,17-18H,12H2,1-3H3,(H,23,26)(H,24,27)(H,25,28). The highest BCUT2D eigenvalue weighted by atomic mass is 16.5. The number of benzene rings is 2. The molecule has 152 valence electrons. The van der Waals surface area contributed by atoms with Gasteiger partial charge in [0, 0.05) is 18.3 Å². The lowest BCUT2D eigenvalue weighted by atomic mass is 10.2. The predicted molar refractivity (Wildman–Crippen MR) is 112 cm³/mol. The number of amides is 3. The number of hydrogen-bond acceptors (Lipinski definition) is 4. The number of ether oxygens (including phenoxy) is 1. The number of rotatable bonds is 7. The van der Waals surface area contributed by atoms with Gasteiger partial charge in [-0.1, -0.05) is 12.1 Å². The summed E-state index contributed by atoms with van der Waals surface area (Å²) in [4.78, 5) is 36.0.